The summed E-state index contributed by atoms with van der Waals surface area (Å²) < 4.78 is 5.30. The third kappa shape index (κ3) is 18.0. The van der Waals surface area contributed by atoms with Crippen molar-refractivity contribution in [3.05, 3.63) is 0 Å². The number of carbonyl (C=O) groups excluding carboxylic acids is 2. The molecule has 0 aliphatic heterocycles. The van der Waals surface area contributed by atoms with E-state index >= 15 is 0 Å². The number of aliphatic imine (C=N–C) groups is 1. The molecule has 0 saturated carbocycles. The number of carbonyl (C=O) groups is 2. The first-order valence-corrected chi connectivity index (χ1v) is 11.4. The van der Waals surface area contributed by atoms with E-state index in [2.05, 4.69) is 17.2 Å². The number of nitrogens with two attached hydrogens (primary N) is 2. The third-order valence-corrected chi connectivity index (χ3v) is 4.63. The molecule has 1 atom stereocenters. The van der Waals surface area contributed by atoms with Crippen LogP contribution in [0.3, 0.4) is 0 Å². The lowest BCUT2D eigenvalue weighted by Gasteiger charge is -2.18. The van der Waals surface area contributed by atoms with Crippen molar-refractivity contribution in [3.8, 4) is 0 Å². The predicted octanol–water partition coefficient (Wildman–Crippen LogP) is 3.64. The topological polar surface area (TPSA) is 120 Å². The number of hydrogen-bond donors (Lipinski definition) is 3. The lowest BCUT2D eigenvalue weighted by molar-refractivity contribution is -0.149. The van der Waals surface area contributed by atoms with E-state index in [1.807, 2.05) is 13.8 Å². The summed E-state index contributed by atoms with van der Waals surface area (Å²) >= 11 is 0. The van der Waals surface area contributed by atoms with Crippen molar-refractivity contribution in [2.75, 3.05) is 13.2 Å². The summed E-state index contributed by atoms with van der Waals surface area (Å²) in [6.45, 7) is 6.94. The van der Waals surface area contributed by atoms with Crippen LogP contribution >= 0.6 is 0 Å². The van der Waals surface area contributed by atoms with Gasteiger partial charge in [0.05, 0.1) is 6.61 Å². The number of nitrogens with one attached hydrogen (secondary N) is 1. The Morgan fingerprint density at radius 2 is 1.52 bits per heavy atom. The van der Waals surface area contributed by atoms with Crippen LogP contribution in [0.5, 0.6) is 0 Å². The molecule has 0 aromatic carbocycles. The van der Waals surface area contributed by atoms with Gasteiger partial charge in [0.15, 0.2) is 5.96 Å². The number of nitrogens with zero attached hydrogens (tertiary/aromatic N) is 1. The van der Waals surface area contributed by atoms with Gasteiger partial charge < -0.3 is 21.5 Å². The number of hydrogen-bond acceptors (Lipinski definition) is 4. The monoisotopic (exact) mass is 412 g/mol. The highest BCUT2D eigenvalue weighted by atomic mass is 16.5. The normalized spacial score (nSPS) is 11.9. The molecule has 0 fully saturated rings. The van der Waals surface area contributed by atoms with Gasteiger partial charge in [0.25, 0.3) is 0 Å². The van der Waals surface area contributed by atoms with Gasteiger partial charge in [0.1, 0.15) is 6.04 Å². The molecule has 0 heterocycles. The van der Waals surface area contributed by atoms with Gasteiger partial charge in [-0.25, -0.2) is 4.79 Å². The van der Waals surface area contributed by atoms with Crippen LogP contribution in [0.4, 0.5) is 0 Å². The van der Waals surface area contributed by atoms with Crippen molar-refractivity contribution in [3.63, 3.8) is 0 Å². The molecule has 7 nitrogen and oxygen atoms in total. The second-order valence-electron chi connectivity index (χ2n) is 8.17. The van der Waals surface area contributed by atoms with E-state index in [0.29, 0.717) is 32.4 Å². The zero-order chi connectivity index (χ0) is 21.9. The third-order valence-electron chi connectivity index (χ3n) is 4.63. The Balaban J connectivity index is 4.16. The Morgan fingerprint density at radius 3 is 2.07 bits per heavy atom. The van der Waals surface area contributed by atoms with Crippen molar-refractivity contribution in [2.45, 2.75) is 104 Å². The number of amides is 1. The molecular formula is C22H44N4O3. The fourth-order valence-corrected chi connectivity index (χ4v) is 2.96. The highest BCUT2D eigenvalue weighted by Crippen LogP contribution is 2.11. The van der Waals surface area contributed by atoms with Gasteiger partial charge in [-0.05, 0) is 25.2 Å². The number of esters is 1. The van der Waals surface area contributed by atoms with Crippen LogP contribution in [-0.4, -0.2) is 37.0 Å². The summed E-state index contributed by atoms with van der Waals surface area (Å²) in [5.74, 6) is -0.206. The molecule has 0 unspecified atom stereocenters. The van der Waals surface area contributed by atoms with Crippen LogP contribution in [0.2, 0.25) is 0 Å². The molecule has 0 rings (SSSR count). The standard InChI is InChI=1S/C22H44N4O3/c1-4-5-6-7-8-9-10-11-12-15-20(27)26-19(14-13-16-25-22(23)24)21(28)29-17-18(2)3/h18-19H,4-17H2,1-3H3,(H,26,27)(H4,23,24,25)/t19-/m0/s1. The van der Waals surface area contributed by atoms with Gasteiger partial charge in [-0.3, -0.25) is 9.79 Å². The Kier molecular flexibility index (Phi) is 17.1. The van der Waals surface area contributed by atoms with E-state index < -0.39 is 6.04 Å². The van der Waals surface area contributed by atoms with Crippen LogP contribution in [0.25, 0.3) is 0 Å². The maximum absolute atomic E-state index is 12.3. The number of unbranched alkanes of at least 4 members (excludes halogenated alkanes) is 8. The SMILES string of the molecule is CCCCCCCCCCCC(=O)N[C@@H](CCCN=C(N)N)C(=O)OCC(C)C. The second kappa shape index (κ2) is 18.3. The van der Waals surface area contributed by atoms with Crippen molar-refractivity contribution in [1.29, 1.82) is 0 Å². The molecule has 0 aliphatic rings. The molecule has 0 spiro atoms. The van der Waals surface area contributed by atoms with Crippen LogP contribution in [-0.2, 0) is 14.3 Å². The van der Waals surface area contributed by atoms with Crippen LogP contribution < -0.4 is 16.8 Å². The van der Waals surface area contributed by atoms with Gasteiger partial charge >= 0.3 is 5.97 Å². The molecule has 0 aromatic heterocycles. The summed E-state index contributed by atoms with van der Waals surface area (Å²) in [6.07, 6.45) is 12.3. The quantitative estimate of drug-likeness (QED) is 0.137. The van der Waals surface area contributed by atoms with Crippen LogP contribution in [0.1, 0.15) is 97.8 Å². The summed E-state index contributed by atoms with van der Waals surface area (Å²) in [6, 6.07) is -0.644. The fraction of sp³-hybridized carbons (Fsp3) is 0.864. The average molecular weight is 413 g/mol. The summed E-state index contributed by atoms with van der Waals surface area (Å²) in [5.41, 5.74) is 10.6. The zero-order valence-corrected chi connectivity index (χ0v) is 18.9. The van der Waals surface area contributed by atoms with E-state index in [1.54, 1.807) is 0 Å². The first-order chi connectivity index (χ1) is 13.9. The minimum absolute atomic E-state index is 0.0262. The molecule has 170 valence electrons. The van der Waals surface area contributed by atoms with E-state index in [9.17, 15) is 9.59 Å². The van der Waals surface area contributed by atoms with E-state index in [4.69, 9.17) is 16.2 Å². The van der Waals surface area contributed by atoms with Crippen molar-refractivity contribution < 1.29 is 14.3 Å². The van der Waals surface area contributed by atoms with E-state index in [-0.39, 0.29) is 23.8 Å². The van der Waals surface area contributed by atoms with Crippen molar-refractivity contribution in [1.82, 2.24) is 5.32 Å². The number of guanidine groups is 1. The zero-order valence-electron chi connectivity index (χ0n) is 18.9. The highest BCUT2D eigenvalue weighted by Gasteiger charge is 2.22. The van der Waals surface area contributed by atoms with Gasteiger partial charge in [-0.1, -0.05) is 72.1 Å². The summed E-state index contributed by atoms with van der Waals surface area (Å²) in [5, 5.41) is 2.83. The van der Waals surface area contributed by atoms with Crippen LogP contribution in [0, 0.1) is 5.92 Å². The van der Waals surface area contributed by atoms with Crippen molar-refractivity contribution in [2.24, 2.45) is 22.4 Å². The Morgan fingerprint density at radius 1 is 0.931 bits per heavy atom. The van der Waals surface area contributed by atoms with E-state index in [1.165, 1.54) is 38.5 Å². The molecule has 7 heteroatoms. The summed E-state index contributed by atoms with van der Waals surface area (Å²) in [4.78, 5) is 28.5. The lowest BCUT2D eigenvalue weighted by Crippen LogP contribution is -2.42. The van der Waals surface area contributed by atoms with Gasteiger partial charge in [0, 0.05) is 13.0 Å². The predicted molar refractivity (Wildman–Crippen MR) is 119 cm³/mol. The van der Waals surface area contributed by atoms with Crippen molar-refractivity contribution >= 4 is 17.8 Å². The minimum atomic E-state index is -0.644. The van der Waals surface area contributed by atoms with Gasteiger partial charge in [-0.15, -0.1) is 0 Å². The molecule has 29 heavy (non-hydrogen) atoms. The maximum atomic E-state index is 12.3. The average Bonchev–Trinajstić information content (AvgIpc) is 2.66. The first kappa shape index (κ1) is 27.2. The lowest BCUT2D eigenvalue weighted by atomic mass is 10.1. The largest absolute Gasteiger partial charge is 0.464 e. The molecule has 5 N–H and O–H groups in total. The molecule has 0 aliphatic carbocycles. The molecule has 1 amide bonds. The summed E-state index contributed by atoms with van der Waals surface area (Å²) in [7, 11) is 0. The molecule has 0 radical (unpaired) electrons. The smallest absolute Gasteiger partial charge is 0.328 e. The molecule has 0 saturated heterocycles. The van der Waals surface area contributed by atoms with Crippen LogP contribution in [0.15, 0.2) is 4.99 Å². The molecular weight excluding hydrogens is 368 g/mol. The number of rotatable bonds is 18. The van der Waals surface area contributed by atoms with Gasteiger partial charge in [-0.2, -0.15) is 0 Å². The second-order valence-corrected chi connectivity index (χ2v) is 8.17. The first-order valence-electron chi connectivity index (χ1n) is 11.4. The number of ether oxygens (including phenoxy) is 1. The maximum Gasteiger partial charge on any atom is 0.328 e. The minimum Gasteiger partial charge on any atom is -0.464 e. The molecule has 0 aromatic rings. The molecule has 0 bridgehead atoms. The highest BCUT2D eigenvalue weighted by molar-refractivity contribution is 5.84. The van der Waals surface area contributed by atoms with Gasteiger partial charge in [0.2, 0.25) is 5.91 Å². The van der Waals surface area contributed by atoms with E-state index in [0.717, 1.165) is 19.3 Å². The Labute approximate surface area is 177 Å². The Bertz CT molecular complexity index is 463. The Hall–Kier alpha value is -1.79. The fourth-order valence-electron chi connectivity index (χ4n) is 2.96.